The largest absolute Gasteiger partial charge is 0.467 e. The van der Waals surface area contributed by atoms with Crippen molar-refractivity contribution in [3.8, 4) is 0 Å². The fourth-order valence-corrected chi connectivity index (χ4v) is 1.32. The number of nitrogens with one attached hydrogen (secondary N) is 1. The average molecular weight is 273 g/mol. The number of ether oxygens (including phenoxy) is 1. The number of carbonyl (C=O) groups is 2. The van der Waals surface area contributed by atoms with Gasteiger partial charge in [-0.25, -0.2) is 4.79 Å². The number of carbonyl (C=O) groups excluding carboxylic acids is 2. The van der Waals surface area contributed by atoms with Crippen LogP contribution in [0.1, 0.15) is 18.5 Å². The second-order valence-corrected chi connectivity index (χ2v) is 3.66. The van der Waals surface area contributed by atoms with E-state index in [1.807, 2.05) is 6.07 Å². The number of halogens is 1. The number of nitrogens with two attached hydrogens (primary N) is 1. The summed E-state index contributed by atoms with van der Waals surface area (Å²) in [6, 6.07) is 7.37. The van der Waals surface area contributed by atoms with E-state index in [0.717, 1.165) is 0 Å². The maximum atomic E-state index is 11.6. The Balaban J connectivity index is 0.00000289. The molecule has 0 aromatic heterocycles. The SMILES string of the molecule is COC(=O)C(NC(=O)C(C)N)c1ccccc1.Cl. The molecule has 6 heteroatoms. The number of rotatable bonds is 4. The van der Waals surface area contributed by atoms with Gasteiger partial charge >= 0.3 is 5.97 Å². The first kappa shape index (κ1) is 16.4. The van der Waals surface area contributed by atoms with Crippen molar-refractivity contribution in [2.24, 2.45) is 5.73 Å². The van der Waals surface area contributed by atoms with E-state index in [1.165, 1.54) is 7.11 Å². The highest BCUT2D eigenvalue weighted by Gasteiger charge is 2.24. The molecule has 100 valence electrons. The zero-order chi connectivity index (χ0) is 12.8. The molecule has 18 heavy (non-hydrogen) atoms. The first-order valence-electron chi connectivity index (χ1n) is 5.25. The van der Waals surface area contributed by atoms with Crippen LogP contribution in [0, 0.1) is 0 Å². The Labute approximate surface area is 112 Å². The minimum Gasteiger partial charge on any atom is -0.467 e. The van der Waals surface area contributed by atoms with E-state index in [2.05, 4.69) is 10.1 Å². The molecule has 2 unspecified atom stereocenters. The molecule has 0 heterocycles. The van der Waals surface area contributed by atoms with E-state index in [-0.39, 0.29) is 12.4 Å². The van der Waals surface area contributed by atoms with Gasteiger partial charge in [-0.15, -0.1) is 12.4 Å². The summed E-state index contributed by atoms with van der Waals surface area (Å²) in [5.41, 5.74) is 6.10. The molecule has 0 aliphatic heterocycles. The van der Waals surface area contributed by atoms with Crippen LogP contribution in [-0.4, -0.2) is 25.0 Å². The first-order valence-corrected chi connectivity index (χ1v) is 5.25. The summed E-state index contributed by atoms with van der Waals surface area (Å²) in [7, 11) is 1.27. The maximum Gasteiger partial charge on any atom is 0.333 e. The second-order valence-electron chi connectivity index (χ2n) is 3.66. The van der Waals surface area contributed by atoms with Crippen molar-refractivity contribution in [2.75, 3.05) is 7.11 Å². The van der Waals surface area contributed by atoms with Crippen molar-refractivity contribution in [3.05, 3.63) is 35.9 Å². The summed E-state index contributed by atoms with van der Waals surface area (Å²) in [6.45, 7) is 1.55. The van der Waals surface area contributed by atoms with Crippen LogP contribution < -0.4 is 11.1 Å². The van der Waals surface area contributed by atoms with Gasteiger partial charge in [-0.3, -0.25) is 4.79 Å². The molecule has 0 saturated carbocycles. The van der Waals surface area contributed by atoms with Crippen molar-refractivity contribution in [1.82, 2.24) is 5.32 Å². The first-order chi connectivity index (χ1) is 8.06. The second kappa shape index (κ2) is 7.68. The summed E-state index contributed by atoms with van der Waals surface area (Å²) < 4.78 is 4.65. The predicted molar refractivity (Wildman–Crippen MR) is 70.2 cm³/mol. The quantitative estimate of drug-likeness (QED) is 0.794. The Morgan fingerprint density at radius 1 is 1.28 bits per heavy atom. The van der Waals surface area contributed by atoms with Crippen LogP contribution in [0.3, 0.4) is 0 Å². The van der Waals surface area contributed by atoms with Crippen LogP contribution >= 0.6 is 12.4 Å². The maximum absolute atomic E-state index is 11.6. The molecule has 0 fully saturated rings. The molecule has 0 saturated heterocycles. The van der Waals surface area contributed by atoms with Gasteiger partial charge in [-0.05, 0) is 12.5 Å². The smallest absolute Gasteiger partial charge is 0.333 e. The Morgan fingerprint density at radius 3 is 2.28 bits per heavy atom. The van der Waals surface area contributed by atoms with E-state index in [9.17, 15) is 9.59 Å². The lowest BCUT2D eigenvalue weighted by Gasteiger charge is -2.18. The molecule has 0 aliphatic rings. The lowest BCUT2D eigenvalue weighted by molar-refractivity contribution is -0.145. The van der Waals surface area contributed by atoms with E-state index in [4.69, 9.17) is 5.73 Å². The molecule has 0 spiro atoms. The lowest BCUT2D eigenvalue weighted by Crippen LogP contribution is -2.43. The Kier molecular flexibility index (Phi) is 7.00. The standard InChI is InChI=1S/C12H16N2O3.ClH/c1-8(13)11(15)14-10(12(16)17-2)9-6-4-3-5-7-9;/h3-8,10H,13H2,1-2H3,(H,14,15);1H. The normalized spacial score (nSPS) is 12.8. The van der Waals surface area contributed by atoms with Gasteiger partial charge in [0.1, 0.15) is 0 Å². The molecule has 5 nitrogen and oxygen atoms in total. The summed E-state index contributed by atoms with van der Waals surface area (Å²) in [4.78, 5) is 23.1. The van der Waals surface area contributed by atoms with Gasteiger partial charge in [0.2, 0.25) is 5.91 Å². The van der Waals surface area contributed by atoms with E-state index in [1.54, 1.807) is 31.2 Å². The van der Waals surface area contributed by atoms with E-state index >= 15 is 0 Å². The van der Waals surface area contributed by atoms with Gasteiger partial charge in [0.05, 0.1) is 13.2 Å². The highest BCUT2D eigenvalue weighted by atomic mass is 35.5. The Morgan fingerprint density at radius 2 is 1.83 bits per heavy atom. The molecule has 0 radical (unpaired) electrons. The number of benzene rings is 1. The highest BCUT2D eigenvalue weighted by molar-refractivity contribution is 5.87. The summed E-state index contributed by atoms with van der Waals surface area (Å²) in [5, 5.41) is 2.54. The predicted octanol–water partition coefficient (Wildman–Crippen LogP) is 0.786. The fraction of sp³-hybridized carbons (Fsp3) is 0.333. The van der Waals surface area contributed by atoms with Gasteiger partial charge in [0, 0.05) is 0 Å². The van der Waals surface area contributed by atoms with Crippen LogP contribution in [0.25, 0.3) is 0 Å². The summed E-state index contributed by atoms with van der Waals surface area (Å²) >= 11 is 0. The van der Waals surface area contributed by atoms with E-state index < -0.39 is 24.0 Å². The number of methoxy groups -OCH3 is 1. The molecule has 1 aromatic rings. The lowest BCUT2D eigenvalue weighted by atomic mass is 10.1. The fourth-order valence-electron chi connectivity index (χ4n) is 1.32. The van der Waals surface area contributed by atoms with Crippen molar-refractivity contribution < 1.29 is 14.3 Å². The zero-order valence-corrected chi connectivity index (χ0v) is 11.1. The molecule has 0 aliphatic carbocycles. The van der Waals surface area contributed by atoms with Gasteiger partial charge in [-0.2, -0.15) is 0 Å². The third-order valence-corrected chi connectivity index (χ3v) is 2.27. The van der Waals surface area contributed by atoms with Gasteiger partial charge < -0.3 is 15.8 Å². The molecular formula is C12H17ClN2O3. The molecule has 1 amide bonds. The number of hydrogen-bond acceptors (Lipinski definition) is 4. The van der Waals surface area contributed by atoms with Gasteiger partial charge in [0.15, 0.2) is 6.04 Å². The van der Waals surface area contributed by atoms with E-state index in [0.29, 0.717) is 5.56 Å². The third-order valence-electron chi connectivity index (χ3n) is 2.27. The van der Waals surface area contributed by atoms with Crippen molar-refractivity contribution in [2.45, 2.75) is 19.0 Å². The van der Waals surface area contributed by atoms with Crippen LogP contribution in [-0.2, 0) is 14.3 Å². The number of esters is 1. The zero-order valence-electron chi connectivity index (χ0n) is 10.3. The highest BCUT2D eigenvalue weighted by Crippen LogP contribution is 2.14. The van der Waals surface area contributed by atoms with Crippen LogP contribution in [0.5, 0.6) is 0 Å². The molecule has 1 aromatic carbocycles. The molecular weight excluding hydrogens is 256 g/mol. The number of hydrogen-bond donors (Lipinski definition) is 2. The van der Waals surface area contributed by atoms with Crippen molar-refractivity contribution >= 4 is 24.3 Å². The van der Waals surface area contributed by atoms with Gasteiger partial charge in [-0.1, -0.05) is 30.3 Å². The number of amides is 1. The average Bonchev–Trinajstić information content (AvgIpc) is 2.35. The Bertz CT molecular complexity index is 396. The van der Waals surface area contributed by atoms with Gasteiger partial charge in [0.25, 0.3) is 0 Å². The van der Waals surface area contributed by atoms with Crippen molar-refractivity contribution in [3.63, 3.8) is 0 Å². The van der Waals surface area contributed by atoms with Crippen molar-refractivity contribution in [1.29, 1.82) is 0 Å². The topological polar surface area (TPSA) is 81.4 Å². The minimum atomic E-state index is -0.820. The molecule has 0 bridgehead atoms. The summed E-state index contributed by atoms with van der Waals surface area (Å²) in [6.07, 6.45) is 0. The van der Waals surface area contributed by atoms with Crippen LogP contribution in [0.2, 0.25) is 0 Å². The van der Waals surface area contributed by atoms with Crippen LogP contribution in [0.4, 0.5) is 0 Å². The Hall–Kier alpha value is -1.59. The molecule has 3 N–H and O–H groups in total. The molecule has 1 rings (SSSR count). The minimum absolute atomic E-state index is 0. The van der Waals surface area contributed by atoms with Crippen LogP contribution in [0.15, 0.2) is 30.3 Å². The third kappa shape index (κ3) is 4.35. The summed E-state index contributed by atoms with van der Waals surface area (Å²) in [5.74, 6) is -0.922. The monoisotopic (exact) mass is 272 g/mol. The molecule has 2 atom stereocenters.